The molecule has 0 saturated heterocycles. The fourth-order valence-electron chi connectivity index (χ4n) is 7.49. The first-order chi connectivity index (χ1) is 13.6. The Balaban J connectivity index is 1.42. The molecule has 0 aromatic rings. The van der Waals surface area contributed by atoms with Gasteiger partial charge in [-0.05, 0) is 49.4 Å². The average molecular weight is 446 g/mol. The van der Waals surface area contributed by atoms with Gasteiger partial charge in [0.15, 0.2) is 0 Å². The zero-order valence-electron chi connectivity index (χ0n) is 16.3. The fourth-order valence-corrected chi connectivity index (χ4v) is 7.49. The summed E-state index contributed by atoms with van der Waals surface area (Å²) in [6.07, 6.45) is -1.77. The van der Waals surface area contributed by atoms with Crippen molar-refractivity contribution in [3.63, 3.8) is 0 Å². The van der Waals surface area contributed by atoms with Gasteiger partial charge in [0.1, 0.15) is 6.10 Å². The van der Waals surface area contributed by atoms with Crippen molar-refractivity contribution in [2.75, 3.05) is 0 Å². The van der Waals surface area contributed by atoms with Crippen LogP contribution in [0.2, 0.25) is 0 Å². The highest BCUT2D eigenvalue weighted by Crippen LogP contribution is 2.79. The van der Waals surface area contributed by atoms with Gasteiger partial charge in [-0.15, -0.1) is 0 Å². The number of hydrogen-bond acceptors (Lipinski definition) is 2. The van der Waals surface area contributed by atoms with E-state index in [2.05, 4.69) is 6.92 Å². The van der Waals surface area contributed by atoms with Crippen LogP contribution in [0.25, 0.3) is 0 Å². The molecule has 0 aliphatic heterocycles. The Labute approximate surface area is 167 Å². The molecule has 5 rings (SSSR count). The molecule has 0 spiro atoms. The summed E-state index contributed by atoms with van der Waals surface area (Å²) < 4.78 is 120. The van der Waals surface area contributed by atoms with E-state index in [1.807, 2.05) is 6.92 Å². The molecule has 10 heteroatoms. The van der Waals surface area contributed by atoms with Crippen LogP contribution in [0.4, 0.5) is 35.1 Å². The molecule has 5 saturated carbocycles. The number of ether oxygens (including phenoxy) is 1. The Hall–Kier alpha value is -1.09. The molecule has 5 fully saturated rings. The van der Waals surface area contributed by atoms with E-state index in [1.54, 1.807) is 0 Å². The van der Waals surface area contributed by atoms with Gasteiger partial charge >= 0.3 is 23.7 Å². The summed E-state index contributed by atoms with van der Waals surface area (Å²) in [5.41, 5.74) is -9.52. The largest absolute Gasteiger partial charge is 0.462 e. The molecular weight excluding hydrogens is 424 g/mol. The summed E-state index contributed by atoms with van der Waals surface area (Å²) in [5.74, 6) is -22.7. The lowest BCUT2D eigenvalue weighted by Gasteiger charge is -2.42. The first-order valence-corrected chi connectivity index (χ1v) is 10.4. The highest BCUT2D eigenvalue weighted by Gasteiger charge is 3.04. The van der Waals surface area contributed by atoms with Crippen LogP contribution in [0, 0.1) is 41.4 Å². The standard InChI is InChI=1S/C20H22F8O2/c1-7-8(2)11-3-9(7)4-12(11)15(29)30-14-6-10-5-13(14)17(22)16(10,21)18(23,24)20(27,28)19(17,25)26/h7-14H,3-6H2,1-2H3. The Bertz CT molecular complexity index is 800. The van der Waals surface area contributed by atoms with Crippen LogP contribution >= 0.6 is 0 Å². The molecule has 30 heavy (non-hydrogen) atoms. The van der Waals surface area contributed by atoms with Gasteiger partial charge in [0, 0.05) is 11.8 Å². The Morgan fingerprint density at radius 1 is 0.767 bits per heavy atom. The molecule has 0 heterocycles. The minimum atomic E-state index is -6.19. The van der Waals surface area contributed by atoms with E-state index in [0.29, 0.717) is 18.3 Å². The molecule has 5 aliphatic carbocycles. The van der Waals surface area contributed by atoms with Crippen molar-refractivity contribution in [1.82, 2.24) is 0 Å². The smallest absolute Gasteiger partial charge is 0.378 e. The van der Waals surface area contributed by atoms with Gasteiger partial charge in [-0.25, -0.2) is 8.78 Å². The molecular formula is C20H22F8O2. The number of alkyl halides is 8. The lowest BCUT2D eigenvalue weighted by atomic mass is 9.73. The minimum absolute atomic E-state index is 0.0114. The van der Waals surface area contributed by atoms with Crippen LogP contribution in [0.3, 0.4) is 0 Å². The second-order valence-electron chi connectivity index (χ2n) is 10.1. The maximum Gasteiger partial charge on any atom is 0.378 e. The van der Waals surface area contributed by atoms with Crippen LogP contribution in [0.5, 0.6) is 0 Å². The average Bonchev–Trinajstić information content (AvgIpc) is 3.39. The molecule has 0 N–H and O–H groups in total. The fraction of sp³-hybridized carbons (Fsp3) is 0.950. The van der Waals surface area contributed by atoms with E-state index >= 15 is 8.78 Å². The second kappa shape index (κ2) is 5.45. The number of halogens is 8. The van der Waals surface area contributed by atoms with Crippen molar-refractivity contribution in [1.29, 1.82) is 0 Å². The maximum atomic E-state index is 15.4. The topological polar surface area (TPSA) is 26.3 Å². The number of esters is 1. The third kappa shape index (κ3) is 1.81. The van der Waals surface area contributed by atoms with E-state index in [-0.39, 0.29) is 11.8 Å². The zero-order chi connectivity index (χ0) is 22.2. The van der Waals surface area contributed by atoms with Gasteiger partial charge in [0.2, 0.25) is 11.3 Å². The van der Waals surface area contributed by atoms with Crippen LogP contribution in [-0.2, 0) is 9.53 Å². The van der Waals surface area contributed by atoms with Crippen LogP contribution in [-0.4, -0.2) is 41.2 Å². The summed E-state index contributed by atoms with van der Waals surface area (Å²) in [7, 11) is 0. The first-order valence-electron chi connectivity index (χ1n) is 10.4. The third-order valence-electron chi connectivity index (χ3n) is 9.28. The Morgan fingerprint density at radius 2 is 1.37 bits per heavy atom. The van der Waals surface area contributed by atoms with E-state index in [4.69, 9.17) is 4.74 Å². The van der Waals surface area contributed by atoms with E-state index < -0.39 is 71.8 Å². The van der Waals surface area contributed by atoms with E-state index in [1.165, 1.54) is 0 Å². The van der Waals surface area contributed by atoms with Gasteiger partial charge in [0.25, 0.3) is 0 Å². The second-order valence-corrected chi connectivity index (χ2v) is 10.1. The van der Waals surface area contributed by atoms with Crippen molar-refractivity contribution in [2.45, 2.75) is 74.7 Å². The van der Waals surface area contributed by atoms with Crippen LogP contribution in [0.1, 0.15) is 39.5 Å². The van der Waals surface area contributed by atoms with Crippen molar-refractivity contribution in [2.24, 2.45) is 41.4 Å². The molecule has 0 aromatic heterocycles. The minimum Gasteiger partial charge on any atom is -0.462 e. The third-order valence-corrected chi connectivity index (χ3v) is 9.28. The Morgan fingerprint density at radius 3 is 1.93 bits per heavy atom. The molecule has 0 radical (unpaired) electrons. The van der Waals surface area contributed by atoms with Gasteiger partial charge in [-0.2, -0.15) is 26.3 Å². The lowest BCUT2D eigenvalue weighted by molar-refractivity contribution is -0.298. The number of carbonyl (C=O) groups is 1. The lowest BCUT2D eigenvalue weighted by Crippen LogP contribution is -2.63. The highest BCUT2D eigenvalue weighted by atomic mass is 19.4. The van der Waals surface area contributed by atoms with Crippen molar-refractivity contribution >= 4 is 5.97 Å². The molecule has 10 unspecified atom stereocenters. The summed E-state index contributed by atoms with van der Waals surface area (Å²) in [5, 5.41) is 0. The van der Waals surface area contributed by atoms with Gasteiger partial charge < -0.3 is 4.74 Å². The predicted octanol–water partition coefficient (Wildman–Crippen LogP) is 5.20. The van der Waals surface area contributed by atoms with Gasteiger partial charge in [0.05, 0.1) is 5.92 Å². The van der Waals surface area contributed by atoms with Crippen molar-refractivity contribution in [3.8, 4) is 0 Å². The summed E-state index contributed by atoms with van der Waals surface area (Å²) >= 11 is 0. The molecule has 0 aromatic carbocycles. The quantitative estimate of drug-likeness (QED) is 0.431. The molecule has 5 aliphatic rings. The monoisotopic (exact) mass is 446 g/mol. The van der Waals surface area contributed by atoms with E-state index in [9.17, 15) is 31.1 Å². The number of carbonyl (C=O) groups excluding carboxylic acids is 1. The normalized spacial score (nSPS) is 56.3. The van der Waals surface area contributed by atoms with Crippen LogP contribution in [0.15, 0.2) is 0 Å². The summed E-state index contributed by atoms with van der Waals surface area (Å²) in [6, 6.07) is 0. The maximum absolute atomic E-state index is 15.4. The SMILES string of the molecule is CC1C2CC(C(=O)OC3CC4CC3C3(F)C(F)(F)C(F)(F)C(F)(F)C43F)C(C2)C1C. The van der Waals surface area contributed by atoms with Gasteiger partial charge in [-0.1, -0.05) is 13.8 Å². The zero-order valence-corrected chi connectivity index (χ0v) is 16.3. The molecule has 4 bridgehead atoms. The van der Waals surface area contributed by atoms with Gasteiger partial charge in [-0.3, -0.25) is 4.79 Å². The molecule has 2 nitrogen and oxygen atoms in total. The number of hydrogen-bond donors (Lipinski definition) is 0. The number of fused-ring (bicyclic) bond motifs is 7. The molecule has 0 amide bonds. The van der Waals surface area contributed by atoms with Crippen LogP contribution < -0.4 is 0 Å². The molecule has 170 valence electrons. The molecule has 10 atom stereocenters. The predicted molar refractivity (Wildman–Crippen MR) is 86.6 cm³/mol. The summed E-state index contributed by atoms with van der Waals surface area (Å²) in [4.78, 5) is 12.7. The number of rotatable bonds is 2. The van der Waals surface area contributed by atoms with Crippen molar-refractivity contribution < 1.29 is 44.7 Å². The summed E-state index contributed by atoms with van der Waals surface area (Å²) in [6.45, 7) is 4.06. The van der Waals surface area contributed by atoms with Crippen molar-refractivity contribution in [3.05, 3.63) is 0 Å². The van der Waals surface area contributed by atoms with E-state index in [0.717, 1.165) is 6.42 Å². The Kier molecular flexibility index (Phi) is 3.78. The first kappa shape index (κ1) is 20.8. The highest BCUT2D eigenvalue weighted by molar-refractivity contribution is 5.74.